The molecule has 0 spiro atoms. The van der Waals surface area contributed by atoms with E-state index in [0.717, 1.165) is 5.69 Å². The van der Waals surface area contributed by atoms with E-state index in [1.807, 2.05) is 31.7 Å². The van der Waals surface area contributed by atoms with Gasteiger partial charge in [-0.2, -0.15) is 5.26 Å². The number of benzene rings is 1. The highest BCUT2D eigenvalue weighted by atomic mass is 19.1. The van der Waals surface area contributed by atoms with Gasteiger partial charge in [-0.25, -0.2) is 9.37 Å². The lowest BCUT2D eigenvalue weighted by Crippen LogP contribution is -2.54. The standard InChI is InChI=1S/C25H25FN4O2/c1-16(2)23-12-21(18-5-4-6-20(26)11-18)22(13-27)24(28-23)29-8-9-30(17(3)14-29)25(31)19-7-10-32-15-19/h4-7,10-12,15-17H,8-9,14H2,1-3H3. The molecular weight excluding hydrogens is 407 g/mol. The van der Waals surface area contributed by atoms with Crippen LogP contribution in [0.15, 0.2) is 53.3 Å². The fraction of sp³-hybridized carbons (Fsp3) is 0.320. The van der Waals surface area contributed by atoms with Crippen molar-refractivity contribution in [1.82, 2.24) is 9.88 Å². The molecule has 1 aliphatic heterocycles. The van der Waals surface area contributed by atoms with Gasteiger partial charge in [0.15, 0.2) is 0 Å². The fourth-order valence-electron chi connectivity index (χ4n) is 4.07. The molecule has 1 unspecified atom stereocenters. The number of hydrogen-bond acceptors (Lipinski definition) is 5. The number of carbonyl (C=O) groups excluding carboxylic acids is 1. The first kappa shape index (κ1) is 21.6. The normalized spacial score (nSPS) is 16.3. The SMILES string of the molecule is CC(C)c1cc(-c2cccc(F)c2)c(C#N)c(N2CCN(C(=O)c3ccoc3)C(C)C2)n1. The minimum Gasteiger partial charge on any atom is -0.472 e. The van der Waals surface area contributed by atoms with Gasteiger partial charge < -0.3 is 14.2 Å². The lowest BCUT2D eigenvalue weighted by molar-refractivity contribution is 0.0673. The van der Waals surface area contributed by atoms with Gasteiger partial charge >= 0.3 is 0 Å². The van der Waals surface area contributed by atoms with E-state index in [2.05, 4.69) is 11.0 Å². The van der Waals surface area contributed by atoms with E-state index in [1.165, 1.54) is 24.7 Å². The maximum absolute atomic E-state index is 13.9. The second kappa shape index (κ2) is 8.83. The molecule has 7 heteroatoms. The second-order valence-corrected chi connectivity index (χ2v) is 8.38. The lowest BCUT2D eigenvalue weighted by atomic mass is 9.96. The molecule has 1 aliphatic rings. The van der Waals surface area contributed by atoms with Crippen molar-refractivity contribution in [3.05, 3.63) is 71.6 Å². The number of nitriles is 1. The van der Waals surface area contributed by atoms with Gasteiger partial charge in [0.25, 0.3) is 5.91 Å². The van der Waals surface area contributed by atoms with Gasteiger partial charge in [-0.1, -0.05) is 26.0 Å². The van der Waals surface area contributed by atoms with Gasteiger partial charge in [0, 0.05) is 36.9 Å². The molecule has 1 atom stereocenters. The summed E-state index contributed by atoms with van der Waals surface area (Å²) in [4.78, 5) is 21.5. The molecule has 3 aromatic rings. The average Bonchev–Trinajstić information content (AvgIpc) is 3.32. The number of hydrogen-bond donors (Lipinski definition) is 0. The molecule has 32 heavy (non-hydrogen) atoms. The first-order valence-electron chi connectivity index (χ1n) is 10.7. The topological polar surface area (TPSA) is 73.4 Å². The maximum atomic E-state index is 13.9. The molecule has 2 aromatic heterocycles. The summed E-state index contributed by atoms with van der Waals surface area (Å²) in [7, 11) is 0. The molecular formula is C25H25FN4O2. The van der Waals surface area contributed by atoms with Crippen molar-refractivity contribution in [2.45, 2.75) is 32.7 Å². The zero-order valence-corrected chi connectivity index (χ0v) is 18.4. The van der Waals surface area contributed by atoms with E-state index < -0.39 is 0 Å². The maximum Gasteiger partial charge on any atom is 0.257 e. The van der Waals surface area contributed by atoms with Crippen LogP contribution in [-0.4, -0.2) is 41.5 Å². The Labute approximate surface area is 186 Å². The number of furan rings is 1. The summed E-state index contributed by atoms with van der Waals surface area (Å²) in [5.74, 6) is 0.294. The van der Waals surface area contributed by atoms with Crippen LogP contribution in [0, 0.1) is 17.1 Å². The van der Waals surface area contributed by atoms with Crippen LogP contribution in [0.1, 0.15) is 48.3 Å². The van der Waals surface area contributed by atoms with Crippen molar-refractivity contribution in [3.63, 3.8) is 0 Å². The highest BCUT2D eigenvalue weighted by molar-refractivity contribution is 5.94. The van der Waals surface area contributed by atoms with Gasteiger partial charge in [0.1, 0.15) is 29.5 Å². The molecule has 6 nitrogen and oxygen atoms in total. The fourth-order valence-corrected chi connectivity index (χ4v) is 4.07. The van der Waals surface area contributed by atoms with Crippen LogP contribution in [0.25, 0.3) is 11.1 Å². The Kier molecular flexibility index (Phi) is 5.95. The van der Waals surface area contributed by atoms with Gasteiger partial charge in [-0.05, 0) is 42.7 Å². The van der Waals surface area contributed by atoms with Crippen molar-refractivity contribution in [2.75, 3.05) is 24.5 Å². The molecule has 1 fully saturated rings. The Morgan fingerprint density at radius 1 is 1.28 bits per heavy atom. The van der Waals surface area contributed by atoms with Crippen LogP contribution in [0.4, 0.5) is 10.2 Å². The number of pyridine rings is 1. The Balaban J connectivity index is 1.70. The minimum absolute atomic E-state index is 0.0734. The van der Waals surface area contributed by atoms with Gasteiger partial charge in [-0.15, -0.1) is 0 Å². The molecule has 1 aromatic carbocycles. The van der Waals surface area contributed by atoms with Gasteiger partial charge in [0.05, 0.1) is 11.8 Å². The number of halogens is 1. The monoisotopic (exact) mass is 432 g/mol. The Morgan fingerprint density at radius 3 is 2.72 bits per heavy atom. The molecule has 1 saturated heterocycles. The molecule has 0 saturated carbocycles. The number of piperazine rings is 1. The third-order valence-electron chi connectivity index (χ3n) is 5.82. The predicted octanol–water partition coefficient (Wildman–Crippen LogP) is 4.83. The van der Waals surface area contributed by atoms with Crippen LogP contribution >= 0.6 is 0 Å². The minimum atomic E-state index is -0.351. The molecule has 0 radical (unpaired) electrons. The summed E-state index contributed by atoms with van der Waals surface area (Å²) in [5.41, 5.74) is 3.10. The summed E-state index contributed by atoms with van der Waals surface area (Å²) in [5, 5.41) is 10.0. The van der Waals surface area contributed by atoms with Crippen LogP contribution in [0.3, 0.4) is 0 Å². The molecule has 0 bridgehead atoms. The van der Waals surface area contributed by atoms with E-state index in [0.29, 0.717) is 47.7 Å². The largest absolute Gasteiger partial charge is 0.472 e. The zero-order valence-electron chi connectivity index (χ0n) is 18.4. The third kappa shape index (κ3) is 4.09. The van der Waals surface area contributed by atoms with Crippen molar-refractivity contribution < 1.29 is 13.6 Å². The molecule has 0 N–H and O–H groups in total. The van der Waals surface area contributed by atoms with E-state index in [1.54, 1.807) is 18.2 Å². The zero-order chi connectivity index (χ0) is 22.8. The highest BCUT2D eigenvalue weighted by Gasteiger charge is 2.31. The van der Waals surface area contributed by atoms with Crippen molar-refractivity contribution >= 4 is 11.7 Å². The summed E-state index contributed by atoms with van der Waals surface area (Å²) >= 11 is 0. The Bertz CT molecular complexity index is 1170. The summed E-state index contributed by atoms with van der Waals surface area (Å²) in [6.45, 7) is 7.64. The van der Waals surface area contributed by atoms with Gasteiger partial charge in [-0.3, -0.25) is 4.79 Å². The van der Waals surface area contributed by atoms with Gasteiger partial charge in [0.2, 0.25) is 0 Å². The third-order valence-corrected chi connectivity index (χ3v) is 5.82. The Hall–Kier alpha value is -3.66. The van der Waals surface area contributed by atoms with Crippen LogP contribution < -0.4 is 4.90 Å². The number of nitrogens with zero attached hydrogens (tertiary/aromatic N) is 4. The lowest BCUT2D eigenvalue weighted by Gasteiger charge is -2.40. The number of rotatable bonds is 4. The van der Waals surface area contributed by atoms with Crippen LogP contribution in [-0.2, 0) is 0 Å². The van der Waals surface area contributed by atoms with E-state index >= 15 is 0 Å². The summed E-state index contributed by atoms with van der Waals surface area (Å²) in [6, 6.07) is 12.0. The van der Waals surface area contributed by atoms with Crippen molar-refractivity contribution in [3.8, 4) is 17.2 Å². The van der Waals surface area contributed by atoms with Crippen LogP contribution in [0.2, 0.25) is 0 Å². The quantitative estimate of drug-likeness (QED) is 0.591. The summed E-state index contributed by atoms with van der Waals surface area (Å²) < 4.78 is 19.0. The first-order chi connectivity index (χ1) is 15.4. The Morgan fingerprint density at radius 2 is 2.09 bits per heavy atom. The summed E-state index contributed by atoms with van der Waals surface area (Å²) in [6.07, 6.45) is 2.94. The van der Waals surface area contributed by atoms with Crippen molar-refractivity contribution in [2.24, 2.45) is 0 Å². The van der Waals surface area contributed by atoms with Crippen LogP contribution in [0.5, 0.6) is 0 Å². The molecule has 1 amide bonds. The van der Waals surface area contributed by atoms with E-state index in [4.69, 9.17) is 9.40 Å². The first-order valence-corrected chi connectivity index (χ1v) is 10.7. The molecule has 0 aliphatic carbocycles. The molecule has 4 rings (SSSR count). The number of anilines is 1. The molecule has 164 valence electrons. The molecule has 3 heterocycles. The van der Waals surface area contributed by atoms with E-state index in [9.17, 15) is 14.4 Å². The number of aromatic nitrogens is 1. The highest BCUT2D eigenvalue weighted by Crippen LogP contribution is 2.34. The smallest absolute Gasteiger partial charge is 0.257 e. The average molecular weight is 432 g/mol. The van der Waals surface area contributed by atoms with Crippen molar-refractivity contribution in [1.29, 1.82) is 5.26 Å². The predicted molar refractivity (Wildman–Crippen MR) is 120 cm³/mol. The second-order valence-electron chi connectivity index (χ2n) is 8.38. The number of carbonyl (C=O) groups is 1. The van der Waals surface area contributed by atoms with E-state index in [-0.39, 0.29) is 23.7 Å². The number of amides is 1.